The molecule has 2 fully saturated rings. The second-order valence-electron chi connectivity index (χ2n) is 7.02. The lowest BCUT2D eigenvalue weighted by Gasteiger charge is -2.35. The van der Waals surface area contributed by atoms with Crippen molar-refractivity contribution in [3.05, 3.63) is 12.2 Å². The summed E-state index contributed by atoms with van der Waals surface area (Å²) in [7, 11) is 0. The lowest BCUT2D eigenvalue weighted by molar-refractivity contribution is -0.171. The van der Waals surface area contributed by atoms with Gasteiger partial charge in [-0.15, -0.1) is 0 Å². The zero-order valence-electron chi connectivity index (χ0n) is 11.8. The van der Waals surface area contributed by atoms with E-state index in [0.29, 0.717) is 11.8 Å². The van der Waals surface area contributed by atoms with E-state index in [-0.39, 0.29) is 23.9 Å². The third kappa shape index (κ3) is 2.33. The van der Waals surface area contributed by atoms with Crippen LogP contribution in [-0.4, -0.2) is 22.8 Å². The summed E-state index contributed by atoms with van der Waals surface area (Å²) in [6.45, 7) is 3.90. The number of esters is 1. The van der Waals surface area contributed by atoms with E-state index >= 15 is 0 Å². The zero-order chi connectivity index (χ0) is 13.6. The minimum absolute atomic E-state index is 0.0489. The van der Waals surface area contributed by atoms with Crippen molar-refractivity contribution in [3.63, 3.8) is 0 Å². The van der Waals surface area contributed by atoms with Crippen LogP contribution in [-0.2, 0) is 9.53 Å². The van der Waals surface area contributed by atoms with Crippen molar-refractivity contribution in [3.8, 4) is 0 Å². The molecule has 0 amide bonds. The Bertz CT molecular complexity index is 399. The van der Waals surface area contributed by atoms with Crippen molar-refractivity contribution in [2.45, 2.75) is 57.7 Å². The molecule has 0 spiro atoms. The lowest BCUT2D eigenvalue weighted by Crippen LogP contribution is -2.42. The van der Waals surface area contributed by atoms with E-state index in [2.05, 4.69) is 12.2 Å². The molecule has 2 saturated carbocycles. The maximum absolute atomic E-state index is 12.4. The van der Waals surface area contributed by atoms with Crippen LogP contribution in [0.15, 0.2) is 12.2 Å². The summed E-state index contributed by atoms with van der Waals surface area (Å²) in [6, 6.07) is 0. The highest BCUT2D eigenvalue weighted by Crippen LogP contribution is 2.45. The summed E-state index contributed by atoms with van der Waals surface area (Å²) in [6.07, 6.45) is 8.99. The molecule has 0 radical (unpaired) electrons. The van der Waals surface area contributed by atoms with Crippen LogP contribution < -0.4 is 0 Å². The Morgan fingerprint density at radius 3 is 2.58 bits per heavy atom. The maximum Gasteiger partial charge on any atom is 0.310 e. The first kappa shape index (κ1) is 13.2. The van der Waals surface area contributed by atoms with Crippen molar-refractivity contribution in [1.82, 2.24) is 0 Å². The first-order valence-electron chi connectivity index (χ1n) is 7.56. The van der Waals surface area contributed by atoms with Gasteiger partial charge in [-0.3, -0.25) is 4.79 Å². The number of carbonyl (C=O) groups is 1. The average Bonchev–Trinajstić information content (AvgIpc) is 3.02. The summed E-state index contributed by atoms with van der Waals surface area (Å²) >= 11 is 0. The minimum Gasteiger partial charge on any atom is -0.459 e. The average molecular weight is 264 g/mol. The molecule has 5 atom stereocenters. The molecule has 0 heterocycles. The Morgan fingerprint density at radius 1 is 1.26 bits per heavy atom. The van der Waals surface area contributed by atoms with E-state index < -0.39 is 5.60 Å². The van der Waals surface area contributed by atoms with Gasteiger partial charge in [-0.2, -0.15) is 0 Å². The molecular weight excluding hydrogens is 240 g/mol. The van der Waals surface area contributed by atoms with Gasteiger partial charge in [-0.05, 0) is 51.4 Å². The summed E-state index contributed by atoms with van der Waals surface area (Å²) in [5.41, 5.74) is -0.543. The van der Waals surface area contributed by atoms with Crippen LogP contribution in [0, 0.1) is 23.7 Å². The molecule has 5 unspecified atom stereocenters. The van der Waals surface area contributed by atoms with E-state index in [1.54, 1.807) is 0 Å². The number of carbonyl (C=O) groups excluding carboxylic acids is 1. The highest BCUT2D eigenvalue weighted by atomic mass is 16.6. The van der Waals surface area contributed by atoms with Gasteiger partial charge >= 0.3 is 5.97 Å². The molecule has 3 nitrogen and oxygen atoms in total. The maximum atomic E-state index is 12.4. The number of rotatable bonds is 3. The van der Waals surface area contributed by atoms with Crippen LogP contribution in [0.1, 0.15) is 46.0 Å². The van der Waals surface area contributed by atoms with Crippen molar-refractivity contribution in [2.75, 3.05) is 0 Å². The van der Waals surface area contributed by atoms with Crippen LogP contribution in [0.4, 0.5) is 0 Å². The quantitative estimate of drug-likeness (QED) is 0.629. The predicted molar refractivity (Wildman–Crippen MR) is 72.4 cm³/mol. The van der Waals surface area contributed by atoms with E-state index in [4.69, 9.17) is 4.74 Å². The largest absolute Gasteiger partial charge is 0.459 e. The molecule has 0 aliphatic heterocycles. The monoisotopic (exact) mass is 264 g/mol. The number of hydrogen-bond acceptors (Lipinski definition) is 3. The summed E-state index contributed by atoms with van der Waals surface area (Å²) < 4.78 is 5.80. The van der Waals surface area contributed by atoms with Crippen LogP contribution in [0.2, 0.25) is 0 Å². The highest BCUT2D eigenvalue weighted by molar-refractivity contribution is 5.74. The van der Waals surface area contributed by atoms with Gasteiger partial charge in [0.2, 0.25) is 0 Å². The van der Waals surface area contributed by atoms with E-state index in [1.165, 1.54) is 0 Å². The van der Waals surface area contributed by atoms with Gasteiger partial charge < -0.3 is 9.84 Å². The van der Waals surface area contributed by atoms with Crippen molar-refractivity contribution in [1.29, 1.82) is 0 Å². The van der Waals surface area contributed by atoms with Crippen molar-refractivity contribution >= 4 is 5.97 Å². The first-order valence-corrected chi connectivity index (χ1v) is 7.56. The standard InChI is InChI=1S/C16H24O3/c1-16(2,13-4-3-5-14(13)17)19-15(18)12-9-10-6-7-11(12)8-10/h6-7,10-14,17H,3-5,8-9H2,1-2H3. The molecule has 0 aromatic carbocycles. The Balaban J connectivity index is 1.64. The Labute approximate surface area is 115 Å². The molecule has 0 aromatic rings. The van der Waals surface area contributed by atoms with Crippen LogP contribution in [0.3, 0.4) is 0 Å². The summed E-state index contributed by atoms with van der Waals surface area (Å²) in [5.74, 6) is 1.06. The topological polar surface area (TPSA) is 46.5 Å². The van der Waals surface area contributed by atoms with Crippen LogP contribution >= 0.6 is 0 Å². The first-order chi connectivity index (χ1) is 8.97. The number of hydrogen-bond donors (Lipinski definition) is 1. The molecule has 3 heteroatoms. The van der Waals surface area contributed by atoms with Crippen molar-refractivity contribution in [2.24, 2.45) is 23.7 Å². The number of aliphatic hydroxyl groups is 1. The fourth-order valence-electron chi connectivity index (χ4n) is 4.21. The van der Waals surface area contributed by atoms with Crippen LogP contribution in [0.5, 0.6) is 0 Å². The van der Waals surface area contributed by atoms with E-state index in [1.807, 2.05) is 13.8 Å². The second kappa shape index (κ2) is 4.62. The molecule has 3 aliphatic carbocycles. The third-order valence-electron chi connectivity index (χ3n) is 5.32. The normalized spacial score (nSPS) is 40.9. The summed E-state index contributed by atoms with van der Waals surface area (Å²) in [5, 5.41) is 10.0. The van der Waals surface area contributed by atoms with Gasteiger partial charge in [0.05, 0.1) is 12.0 Å². The molecule has 3 aliphatic rings. The lowest BCUT2D eigenvalue weighted by atomic mass is 9.87. The van der Waals surface area contributed by atoms with E-state index in [9.17, 15) is 9.90 Å². The fourth-order valence-corrected chi connectivity index (χ4v) is 4.21. The van der Waals surface area contributed by atoms with Crippen LogP contribution in [0.25, 0.3) is 0 Å². The number of allylic oxidation sites excluding steroid dienone is 2. The van der Waals surface area contributed by atoms with Gasteiger partial charge in [0.15, 0.2) is 0 Å². The molecule has 19 heavy (non-hydrogen) atoms. The SMILES string of the molecule is CC(C)(OC(=O)C1CC2C=CC1C2)C1CCCC1O. The number of fused-ring (bicyclic) bond motifs is 2. The van der Waals surface area contributed by atoms with Gasteiger partial charge in [-0.25, -0.2) is 0 Å². The minimum atomic E-state index is -0.543. The Hall–Kier alpha value is -0.830. The molecule has 1 N–H and O–H groups in total. The fraction of sp³-hybridized carbons (Fsp3) is 0.812. The van der Waals surface area contributed by atoms with E-state index in [0.717, 1.165) is 32.1 Å². The molecule has 0 aromatic heterocycles. The smallest absolute Gasteiger partial charge is 0.310 e. The van der Waals surface area contributed by atoms with Gasteiger partial charge in [0, 0.05) is 5.92 Å². The van der Waals surface area contributed by atoms with Gasteiger partial charge in [0.1, 0.15) is 5.60 Å². The van der Waals surface area contributed by atoms with Crippen molar-refractivity contribution < 1.29 is 14.6 Å². The van der Waals surface area contributed by atoms with Gasteiger partial charge in [-0.1, -0.05) is 18.6 Å². The summed E-state index contributed by atoms with van der Waals surface area (Å²) in [4.78, 5) is 12.4. The molecule has 106 valence electrons. The molecule has 0 saturated heterocycles. The third-order valence-corrected chi connectivity index (χ3v) is 5.32. The number of ether oxygens (including phenoxy) is 1. The Kier molecular flexibility index (Phi) is 3.20. The molecule has 3 rings (SSSR count). The Morgan fingerprint density at radius 2 is 2.05 bits per heavy atom. The molecular formula is C16H24O3. The highest BCUT2D eigenvalue weighted by Gasteiger charge is 2.45. The predicted octanol–water partition coefficient (Wildman–Crippen LogP) is 2.68. The zero-order valence-corrected chi connectivity index (χ0v) is 11.8. The second-order valence-corrected chi connectivity index (χ2v) is 7.02. The van der Waals surface area contributed by atoms with Gasteiger partial charge in [0.25, 0.3) is 0 Å². The number of aliphatic hydroxyl groups excluding tert-OH is 1. The molecule has 2 bridgehead atoms.